The summed E-state index contributed by atoms with van der Waals surface area (Å²) in [6.45, 7) is 16.7. The van der Waals surface area contributed by atoms with Crippen molar-refractivity contribution in [3.8, 4) is 0 Å². The molecule has 0 heterocycles. The molecular weight excluding hydrogens is 358 g/mol. The van der Waals surface area contributed by atoms with Gasteiger partial charge in [0.05, 0.1) is 0 Å². The molecule has 0 spiro atoms. The molecule has 0 aliphatic rings. The molecule has 4 N–H and O–H groups in total. The zero-order chi connectivity index (χ0) is 20.4. The maximum absolute atomic E-state index is 5.50. The van der Waals surface area contributed by atoms with Crippen molar-refractivity contribution < 1.29 is 0 Å². The van der Waals surface area contributed by atoms with E-state index < -0.39 is 0 Å². The van der Waals surface area contributed by atoms with E-state index >= 15 is 0 Å². The molecule has 146 valence electrons. The van der Waals surface area contributed by atoms with Crippen LogP contribution in [0.4, 0.5) is 0 Å². The fourth-order valence-electron chi connectivity index (χ4n) is 1.62. The minimum Gasteiger partial charge on any atom is -0.362 e. The summed E-state index contributed by atoms with van der Waals surface area (Å²) in [6.07, 6.45) is 6.84. The number of nitrogens with one attached hydrogen (secondary N) is 2. The Bertz CT molecular complexity index is 561. The average molecular weight is 394 g/mol. The SMILES string of the molecule is C=C(/C=C\C(C)=C/C)NC(=S)NCCc1ccc(SN)cc1.CC.CC. The highest BCUT2D eigenvalue weighted by atomic mass is 32.2. The van der Waals surface area contributed by atoms with E-state index in [1.54, 1.807) is 0 Å². The lowest BCUT2D eigenvalue weighted by Crippen LogP contribution is -2.35. The Kier molecular flexibility index (Phi) is 18.7. The number of hydrogen-bond donors (Lipinski definition) is 3. The molecule has 0 aromatic heterocycles. The molecule has 5 heteroatoms. The standard InChI is InChI=1S/C17H23N3S2.2C2H6/c1-4-13(2)5-6-14(3)20-17(21)19-12-11-15-7-9-16(22-18)10-8-15;2*1-2/h4-10H,3,11-12,18H2,1-2H3,(H2,19,20,21);2*1-2H3/b6-5-,13-4-;;. The van der Waals surface area contributed by atoms with E-state index in [-0.39, 0.29) is 0 Å². The zero-order valence-electron chi connectivity index (χ0n) is 17.1. The third kappa shape index (κ3) is 13.7. The minimum absolute atomic E-state index is 0.585. The first-order chi connectivity index (χ1) is 12.5. The second kappa shape index (κ2) is 18.2. The van der Waals surface area contributed by atoms with Gasteiger partial charge in [-0.1, -0.05) is 64.1 Å². The van der Waals surface area contributed by atoms with Gasteiger partial charge in [0.15, 0.2) is 5.11 Å². The van der Waals surface area contributed by atoms with E-state index in [1.165, 1.54) is 23.1 Å². The van der Waals surface area contributed by atoms with Gasteiger partial charge < -0.3 is 10.6 Å². The molecule has 3 nitrogen and oxygen atoms in total. The Hall–Kier alpha value is -1.56. The van der Waals surface area contributed by atoms with Gasteiger partial charge in [-0.25, -0.2) is 0 Å². The van der Waals surface area contributed by atoms with Gasteiger partial charge in [-0.2, -0.15) is 0 Å². The Morgan fingerprint density at radius 3 is 2.23 bits per heavy atom. The van der Waals surface area contributed by atoms with Crippen LogP contribution in [0, 0.1) is 0 Å². The fraction of sp³-hybridized carbons (Fsp3) is 0.381. The summed E-state index contributed by atoms with van der Waals surface area (Å²) >= 11 is 6.50. The van der Waals surface area contributed by atoms with Crippen molar-refractivity contribution in [3.05, 3.63) is 65.9 Å². The molecule has 0 unspecified atom stereocenters. The lowest BCUT2D eigenvalue weighted by atomic mass is 10.1. The first-order valence-electron chi connectivity index (χ1n) is 9.05. The molecule has 0 aliphatic heterocycles. The van der Waals surface area contributed by atoms with Crippen molar-refractivity contribution in [1.82, 2.24) is 10.6 Å². The van der Waals surface area contributed by atoms with E-state index in [0.717, 1.165) is 23.6 Å². The lowest BCUT2D eigenvalue weighted by molar-refractivity contribution is 0.853. The van der Waals surface area contributed by atoms with Crippen LogP contribution in [0.1, 0.15) is 47.1 Å². The van der Waals surface area contributed by atoms with Gasteiger partial charge >= 0.3 is 0 Å². The Labute approximate surface area is 170 Å². The van der Waals surface area contributed by atoms with Gasteiger partial charge in [-0.15, -0.1) is 0 Å². The van der Waals surface area contributed by atoms with Crippen molar-refractivity contribution in [3.63, 3.8) is 0 Å². The summed E-state index contributed by atoms with van der Waals surface area (Å²) in [5.74, 6) is 0. The molecule has 0 atom stereocenters. The molecule has 26 heavy (non-hydrogen) atoms. The largest absolute Gasteiger partial charge is 0.362 e. The number of nitrogens with two attached hydrogens (primary N) is 1. The summed E-state index contributed by atoms with van der Waals surface area (Å²) < 4.78 is 0. The van der Waals surface area contributed by atoms with Crippen LogP contribution < -0.4 is 15.8 Å². The highest BCUT2D eigenvalue weighted by Gasteiger charge is 1.98. The van der Waals surface area contributed by atoms with Crippen LogP contribution >= 0.6 is 24.2 Å². The highest BCUT2D eigenvalue weighted by Crippen LogP contribution is 2.12. The van der Waals surface area contributed by atoms with Gasteiger partial charge in [0.25, 0.3) is 0 Å². The molecule has 0 aliphatic carbocycles. The second-order valence-electron chi connectivity index (χ2n) is 4.78. The summed E-state index contributed by atoms with van der Waals surface area (Å²) in [7, 11) is 0. The summed E-state index contributed by atoms with van der Waals surface area (Å²) in [4.78, 5) is 1.06. The third-order valence-corrected chi connectivity index (χ3v) is 3.83. The maximum Gasteiger partial charge on any atom is 0.170 e. The molecule has 1 aromatic carbocycles. The van der Waals surface area contributed by atoms with E-state index in [4.69, 9.17) is 17.4 Å². The lowest BCUT2D eigenvalue weighted by Gasteiger charge is -2.10. The summed E-state index contributed by atoms with van der Waals surface area (Å²) in [5.41, 5.74) is 3.19. The molecule has 1 aromatic rings. The smallest absolute Gasteiger partial charge is 0.170 e. The minimum atomic E-state index is 0.585. The van der Waals surface area contributed by atoms with Crippen molar-refractivity contribution in [2.75, 3.05) is 6.54 Å². The Morgan fingerprint density at radius 2 is 1.73 bits per heavy atom. The monoisotopic (exact) mass is 393 g/mol. The summed E-state index contributed by atoms with van der Waals surface area (Å²) in [6, 6.07) is 8.20. The topological polar surface area (TPSA) is 50.1 Å². The molecule has 1 rings (SSSR count). The van der Waals surface area contributed by atoms with Crippen LogP contribution in [0.5, 0.6) is 0 Å². The van der Waals surface area contributed by atoms with Crippen LogP contribution in [0.2, 0.25) is 0 Å². The first kappa shape index (κ1) is 26.7. The fourth-order valence-corrected chi connectivity index (χ4v) is 2.14. The van der Waals surface area contributed by atoms with Crippen LogP contribution in [0.3, 0.4) is 0 Å². The van der Waals surface area contributed by atoms with Crippen LogP contribution in [-0.2, 0) is 6.42 Å². The van der Waals surface area contributed by atoms with Crippen molar-refractivity contribution in [2.24, 2.45) is 5.14 Å². The van der Waals surface area contributed by atoms with Gasteiger partial charge in [-0.3, -0.25) is 5.14 Å². The molecule has 0 bridgehead atoms. The highest BCUT2D eigenvalue weighted by molar-refractivity contribution is 7.97. The Balaban J connectivity index is 0. The van der Waals surface area contributed by atoms with Crippen molar-refractivity contribution in [1.29, 1.82) is 0 Å². The number of benzene rings is 1. The Morgan fingerprint density at radius 1 is 1.15 bits per heavy atom. The molecule has 0 saturated carbocycles. The van der Waals surface area contributed by atoms with Crippen molar-refractivity contribution >= 4 is 29.3 Å². The van der Waals surface area contributed by atoms with Crippen LogP contribution in [0.15, 0.2) is 65.2 Å². The van der Waals surface area contributed by atoms with Crippen LogP contribution in [-0.4, -0.2) is 11.7 Å². The van der Waals surface area contributed by atoms with Gasteiger partial charge in [0.1, 0.15) is 0 Å². The zero-order valence-corrected chi connectivity index (χ0v) is 18.7. The van der Waals surface area contributed by atoms with Gasteiger partial charge in [0, 0.05) is 17.1 Å². The number of hydrogen-bond acceptors (Lipinski definition) is 3. The molecule has 0 radical (unpaired) electrons. The normalized spacial score (nSPS) is 10.2. The average Bonchev–Trinajstić information content (AvgIpc) is 2.69. The maximum atomic E-state index is 5.50. The van der Waals surface area contributed by atoms with E-state index in [0.29, 0.717) is 5.11 Å². The van der Waals surface area contributed by atoms with Gasteiger partial charge in [0.2, 0.25) is 0 Å². The van der Waals surface area contributed by atoms with Crippen LogP contribution in [0.25, 0.3) is 0 Å². The quantitative estimate of drug-likeness (QED) is 0.313. The molecular formula is C21H35N3S2. The predicted octanol–water partition coefficient (Wildman–Crippen LogP) is 5.75. The summed E-state index contributed by atoms with van der Waals surface area (Å²) in [5, 5.41) is 12.3. The van der Waals surface area contributed by atoms with E-state index in [9.17, 15) is 0 Å². The predicted molar refractivity (Wildman–Crippen MR) is 124 cm³/mol. The molecule has 0 saturated heterocycles. The van der Waals surface area contributed by atoms with Crippen molar-refractivity contribution in [2.45, 2.75) is 52.9 Å². The van der Waals surface area contributed by atoms with E-state index in [2.05, 4.69) is 29.3 Å². The number of allylic oxidation sites excluding steroid dienone is 4. The molecule has 0 amide bonds. The third-order valence-electron chi connectivity index (χ3n) is 3.04. The van der Waals surface area contributed by atoms with Gasteiger partial charge in [-0.05, 0) is 68.2 Å². The first-order valence-corrected chi connectivity index (χ1v) is 10.3. The second-order valence-corrected chi connectivity index (χ2v) is 5.90. The number of rotatable bonds is 7. The van der Waals surface area contributed by atoms with E-state index in [1.807, 2.05) is 71.9 Å². The molecule has 0 fully saturated rings. The number of thiocarbonyl (C=S) groups is 1.